The quantitative estimate of drug-likeness (QED) is 0.709. The number of anilines is 1. The lowest BCUT2D eigenvalue weighted by Crippen LogP contribution is -2.37. The molecule has 140 valence electrons. The second kappa shape index (κ2) is 7.51. The molecule has 1 saturated heterocycles. The van der Waals surface area contributed by atoms with E-state index in [2.05, 4.69) is 10.6 Å². The van der Waals surface area contributed by atoms with E-state index in [-0.39, 0.29) is 12.0 Å². The van der Waals surface area contributed by atoms with Crippen molar-refractivity contribution in [3.05, 3.63) is 29.3 Å². The minimum absolute atomic E-state index is 0.0120. The number of benzene rings is 1. The molecule has 0 atom stereocenters. The zero-order chi connectivity index (χ0) is 18.7. The summed E-state index contributed by atoms with van der Waals surface area (Å²) in [5, 5.41) is 7.66. The van der Waals surface area contributed by atoms with Crippen molar-refractivity contribution in [1.82, 2.24) is 10.6 Å². The second-order valence-electron chi connectivity index (χ2n) is 5.82. The Morgan fingerprint density at radius 1 is 1.00 bits per heavy atom. The molecule has 1 aliphatic heterocycles. The third-order valence-corrected chi connectivity index (χ3v) is 3.86. The van der Waals surface area contributed by atoms with Gasteiger partial charge in [0.05, 0.1) is 11.1 Å². The fourth-order valence-corrected chi connectivity index (χ4v) is 2.53. The maximum Gasteiger partial charge on any atom is 0.416 e. The molecule has 3 N–H and O–H groups in total. The minimum Gasteiger partial charge on any atom is -0.338 e. The van der Waals surface area contributed by atoms with Gasteiger partial charge in [0, 0.05) is 12.2 Å². The number of carbonyl (C=O) groups excluding carboxylic acids is 1. The van der Waals surface area contributed by atoms with Gasteiger partial charge in [0.15, 0.2) is 0 Å². The van der Waals surface area contributed by atoms with Gasteiger partial charge in [-0.3, -0.25) is 0 Å². The van der Waals surface area contributed by atoms with Gasteiger partial charge in [-0.15, -0.1) is 0 Å². The minimum atomic E-state index is -4.96. The lowest BCUT2D eigenvalue weighted by atomic mass is 9.98. The van der Waals surface area contributed by atoms with Gasteiger partial charge in [-0.05, 0) is 50.0 Å². The van der Waals surface area contributed by atoms with Crippen molar-refractivity contribution in [1.29, 1.82) is 0 Å². The molecule has 1 aromatic carbocycles. The topological polar surface area (TPSA) is 53.2 Å². The maximum atomic E-state index is 12.8. The van der Waals surface area contributed by atoms with E-state index in [1.165, 1.54) is 0 Å². The van der Waals surface area contributed by atoms with Gasteiger partial charge in [-0.1, -0.05) is 0 Å². The van der Waals surface area contributed by atoms with Gasteiger partial charge in [-0.2, -0.15) is 26.3 Å². The predicted molar refractivity (Wildman–Crippen MR) is 79.1 cm³/mol. The molecule has 25 heavy (non-hydrogen) atoms. The fraction of sp³-hybridized carbons (Fsp3) is 0.533. The Hall–Kier alpha value is -1.97. The molecule has 0 spiro atoms. The van der Waals surface area contributed by atoms with Gasteiger partial charge < -0.3 is 16.0 Å². The van der Waals surface area contributed by atoms with Crippen molar-refractivity contribution >= 4 is 11.7 Å². The molecule has 0 aliphatic carbocycles. The van der Waals surface area contributed by atoms with Crippen LogP contribution in [0.25, 0.3) is 0 Å². The summed E-state index contributed by atoms with van der Waals surface area (Å²) in [6.45, 7) is 1.91. The molecule has 1 aromatic rings. The molecular weight excluding hydrogens is 352 g/mol. The third kappa shape index (κ3) is 5.80. The number of carbonyl (C=O) groups is 1. The number of hydrogen-bond donors (Lipinski definition) is 3. The van der Waals surface area contributed by atoms with Crippen LogP contribution in [0.4, 0.5) is 36.8 Å². The lowest BCUT2D eigenvalue weighted by molar-refractivity contribution is -0.143. The molecule has 0 aromatic heterocycles. The predicted octanol–water partition coefficient (Wildman–Crippen LogP) is 3.85. The van der Waals surface area contributed by atoms with Crippen LogP contribution in [0.1, 0.15) is 24.0 Å². The van der Waals surface area contributed by atoms with Crippen molar-refractivity contribution in [2.24, 2.45) is 5.92 Å². The zero-order valence-electron chi connectivity index (χ0n) is 13.0. The van der Waals surface area contributed by atoms with E-state index in [4.69, 9.17) is 0 Å². The van der Waals surface area contributed by atoms with Crippen molar-refractivity contribution in [3.63, 3.8) is 0 Å². The molecular formula is C15H17F6N3O. The number of urea groups is 1. The van der Waals surface area contributed by atoms with Crippen LogP contribution in [0.3, 0.4) is 0 Å². The third-order valence-electron chi connectivity index (χ3n) is 3.86. The standard InChI is InChI=1S/C15H17F6N3O/c16-14(17,18)10-5-11(15(19,20)21)7-12(6-10)24-13(25)23-8-9-1-3-22-4-2-9/h5-7,9,22H,1-4,8H2,(H2,23,24,25). The maximum absolute atomic E-state index is 12.8. The first-order chi connectivity index (χ1) is 11.6. The molecule has 0 bridgehead atoms. The monoisotopic (exact) mass is 369 g/mol. The van der Waals surface area contributed by atoms with Crippen LogP contribution in [0.5, 0.6) is 0 Å². The summed E-state index contributed by atoms with van der Waals surface area (Å²) in [4.78, 5) is 11.8. The van der Waals surface area contributed by atoms with Crippen LogP contribution < -0.4 is 16.0 Å². The zero-order valence-corrected chi connectivity index (χ0v) is 13.0. The van der Waals surface area contributed by atoms with Crippen LogP contribution in [0.2, 0.25) is 0 Å². The summed E-state index contributed by atoms with van der Waals surface area (Å²) >= 11 is 0. The number of alkyl halides is 6. The van der Waals surface area contributed by atoms with Crippen LogP contribution in [-0.4, -0.2) is 25.7 Å². The van der Waals surface area contributed by atoms with Crippen molar-refractivity contribution < 1.29 is 31.1 Å². The van der Waals surface area contributed by atoms with E-state index >= 15 is 0 Å². The Balaban J connectivity index is 2.07. The summed E-state index contributed by atoms with van der Waals surface area (Å²) in [6, 6.07) is 0.113. The smallest absolute Gasteiger partial charge is 0.338 e. The van der Waals surface area contributed by atoms with Gasteiger partial charge in [0.1, 0.15) is 0 Å². The Morgan fingerprint density at radius 3 is 2.00 bits per heavy atom. The van der Waals surface area contributed by atoms with E-state index in [1.807, 2.05) is 5.32 Å². The van der Waals surface area contributed by atoms with Crippen LogP contribution in [-0.2, 0) is 12.4 Å². The summed E-state index contributed by atoms with van der Waals surface area (Å²) in [5.74, 6) is 0.222. The normalized spacial score (nSPS) is 16.6. The summed E-state index contributed by atoms with van der Waals surface area (Å²) < 4.78 is 76.6. The van der Waals surface area contributed by atoms with E-state index in [9.17, 15) is 31.1 Å². The number of halogens is 6. The molecule has 1 heterocycles. The average molecular weight is 369 g/mol. The molecule has 1 aliphatic rings. The van der Waals surface area contributed by atoms with E-state index in [1.54, 1.807) is 0 Å². The first-order valence-corrected chi connectivity index (χ1v) is 7.61. The molecule has 0 saturated carbocycles. The summed E-state index contributed by atoms with van der Waals surface area (Å²) in [7, 11) is 0. The number of piperidine rings is 1. The molecule has 1 fully saturated rings. The van der Waals surface area contributed by atoms with Gasteiger partial charge in [0.25, 0.3) is 0 Å². The highest BCUT2D eigenvalue weighted by Gasteiger charge is 2.37. The second-order valence-corrected chi connectivity index (χ2v) is 5.82. The highest BCUT2D eigenvalue weighted by molar-refractivity contribution is 5.89. The Labute approximate surface area is 140 Å². The number of rotatable bonds is 3. The molecule has 0 radical (unpaired) electrons. The number of amides is 2. The average Bonchev–Trinajstić information content (AvgIpc) is 2.52. The Morgan fingerprint density at radius 2 is 1.52 bits per heavy atom. The first kappa shape index (κ1) is 19.4. The molecule has 4 nitrogen and oxygen atoms in total. The van der Waals surface area contributed by atoms with Gasteiger partial charge in [-0.25, -0.2) is 4.79 Å². The molecule has 2 rings (SSSR count). The van der Waals surface area contributed by atoms with Crippen LogP contribution in [0, 0.1) is 5.92 Å². The van der Waals surface area contributed by atoms with Crippen molar-refractivity contribution in [2.45, 2.75) is 25.2 Å². The van der Waals surface area contributed by atoms with Crippen molar-refractivity contribution in [3.8, 4) is 0 Å². The number of hydrogen-bond acceptors (Lipinski definition) is 2. The van der Waals surface area contributed by atoms with Crippen LogP contribution >= 0.6 is 0 Å². The van der Waals surface area contributed by atoms with E-state index < -0.39 is 35.2 Å². The summed E-state index contributed by atoms with van der Waals surface area (Å²) in [6.07, 6.45) is -8.24. The Bertz CT molecular complexity index is 576. The first-order valence-electron chi connectivity index (χ1n) is 7.61. The number of nitrogens with one attached hydrogen (secondary N) is 3. The highest BCUT2D eigenvalue weighted by atomic mass is 19.4. The molecule has 10 heteroatoms. The highest BCUT2D eigenvalue weighted by Crippen LogP contribution is 2.37. The Kier molecular flexibility index (Phi) is 5.81. The van der Waals surface area contributed by atoms with Crippen molar-refractivity contribution in [2.75, 3.05) is 25.0 Å². The lowest BCUT2D eigenvalue weighted by Gasteiger charge is -2.23. The van der Waals surface area contributed by atoms with Gasteiger partial charge in [0.2, 0.25) is 0 Å². The fourth-order valence-electron chi connectivity index (χ4n) is 2.53. The van der Waals surface area contributed by atoms with Gasteiger partial charge >= 0.3 is 18.4 Å². The SMILES string of the molecule is O=C(NCC1CCNCC1)Nc1cc(C(F)(F)F)cc(C(F)(F)F)c1. The van der Waals surface area contributed by atoms with E-state index in [0.717, 1.165) is 25.9 Å². The summed E-state index contributed by atoms with van der Waals surface area (Å²) in [5.41, 5.74) is -3.52. The molecule has 0 unspecified atom stereocenters. The largest absolute Gasteiger partial charge is 0.416 e. The van der Waals surface area contributed by atoms with Crippen LogP contribution in [0.15, 0.2) is 18.2 Å². The van der Waals surface area contributed by atoms with E-state index in [0.29, 0.717) is 18.7 Å². The molecule has 2 amide bonds.